The number of aromatic nitrogens is 1. The maximum absolute atomic E-state index is 12.4. The van der Waals surface area contributed by atoms with Crippen LogP contribution in [0.25, 0.3) is 16.5 Å². The van der Waals surface area contributed by atoms with E-state index in [4.69, 9.17) is 4.74 Å². The fraction of sp³-hybridized carbons (Fsp3) is 0.258. The van der Waals surface area contributed by atoms with Crippen molar-refractivity contribution >= 4 is 22.4 Å². The van der Waals surface area contributed by atoms with Gasteiger partial charge in [-0.05, 0) is 72.7 Å². The van der Waals surface area contributed by atoms with Crippen molar-refractivity contribution in [2.24, 2.45) is 0 Å². The number of hydrogen-bond acceptors (Lipinski definition) is 3. The minimum Gasteiger partial charge on any atom is -0.426 e. The van der Waals surface area contributed by atoms with E-state index in [9.17, 15) is 4.79 Å². The van der Waals surface area contributed by atoms with Crippen molar-refractivity contribution in [2.45, 2.75) is 32.1 Å². The summed E-state index contributed by atoms with van der Waals surface area (Å²) >= 11 is 0. The van der Waals surface area contributed by atoms with E-state index in [-0.39, 0.29) is 12.4 Å². The highest BCUT2D eigenvalue weighted by Gasteiger charge is 2.13. The molecule has 178 valence electrons. The first kappa shape index (κ1) is 23.1. The summed E-state index contributed by atoms with van der Waals surface area (Å²) in [6.45, 7) is 3.30. The number of aryl methyl sites for hydroxylation is 1. The molecule has 4 aromatic rings. The first-order valence-corrected chi connectivity index (χ1v) is 12.6. The van der Waals surface area contributed by atoms with Crippen molar-refractivity contribution in [1.82, 2.24) is 9.88 Å². The number of unbranched alkanes of at least 4 members (excludes halogenated alkanes) is 1. The number of carbonyl (C=O) groups excluding carboxylic acids is 1. The second-order valence-electron chi connectivity index (χ2n) is 9.26. The monoisotopic (exact) mass is 464 g/mol. The highest BCUT2D eigenvalue weighted by Crippen LogP contribution is 2.26. The van der Waals surface area contributed by atoms with Crippen molar-refractivity contribution in [1.29, 1.82) is 0 Å². The van der Waals surface area contributed by atoms with Crippen LogP contribution in [-0.2, 0) is 17.6 Å². The van der Waals surface area contributed by atoms with Crippen LogP contribution in [0, 0.1) is 0 Å². The lowest BCUT2D eigenvalue weighted by Gasteiger charge is -2.26. The van der Waals surface area contributed by atoms with E-state index in [1.807, 2.05) is 48.5 Å². The molecule has 0 spiro atoms. The zero-order chi connectivity index (χ0) is 23.9. The van der Waals surface area contributed by atoms with Crippen LogP contribution in [0.4, 0.5) is 0 Å². The number of benzene rings is 3. The Labute approximate surface area is 207 Å². The molecule has 1 aromatic heterocycles. The van der Waals surface area contributed by atoms with Gasteiger partial charge in [-0.2, -0.15) is 0 Å². The average molecular weight is 465 g/mol. The lowest BCUT2D eigenvalue weighted by Crippen LogP contribution is -2.29. The highest BCUT2D eigenvalue weighted by atomic mass is 16.5. The normalized spacial score (nSPS) is 14.1. The molecule has 0 atom stereocenters. The van der Waals surface area contributed by atoms with Crippen LogP contribution in [0.3, 0.4) is 0 Å². The molecule has 0 saturated carbocycles. The Balaban J connectivity index is 1.11. The van der Waals surface area contributed by atoms with E-state index < -0.39 is 0 Å². The molecule has 35 heavy (non-hydrogen) atoms. The van der Waals surface area contributed by atoms with E-state index >= 15 is 0 Å². The molecule has 0 unspecified atom stereocenters. The van der Waals surface area contributed by atoms with E-state index in [1.54, 1.807) is 0 Å². The third-order valence-corrected chi connectivity index (χ3v) is 6.77. The Hall–Kier alpha value is -3.63. The molecule has 0 radical (unpaired) electrons. The largest absolute Gasteiger partial charge is 0.426 e. The fourth-order valence-electron chi connectivity index (χ4n) is 4.84. The topological polar surface area (TPSA) is 45.3 Å². The van der Waals surface area contributed by atoms with Gasteiger partial charge in [0.15, 0.2) is 0 Å². The summed E-state index contributed by atoms with van der Waals surface area (Å²) in [6, 6.07) is 26.3. The first-order valence-electron chi connectivity index (χ1n) is 12.6. The SMILES string of the molecule is O=C(Cc1ccccc1)Oc1ccc2[nH]cc(CCCCN3CC=C(c4ccccc4)CC3)c2c1. The van der Waals surface area contributed by atoms with Crippen LogP contribution in [0.2, 0.25) is 0 Å². The summed E-state index contributed by atoms with van der Waals surface area (Å²) in [7, 11) is 0. The summed E-state index contributed by atoms with van der Waals surface area (Å²) in [4.78, 5) is 18.3. The van der Waals surface area contributed by atoms with Crippen molar-refractivity contribution in [3.05, 3.63) is 108 Å². The summed E-state index contributed by atoms with van der Waals surface area (Å²) in [5.41, 5.74) is 6.15. The van der Waals surface area contributed by atoms with Gasteiger partial charge in [-0.25, -0.2) is 0 Å². The molecule has 5 rings (SSSR count). The molecule has 0 saturated heterocycles. The molecule has 4 heteroatoms. The first-order chi connectivity index (χ1) is 17.2. The standard InChI is InChI=1S/C31H32N2O2/c34-31(21-24-9-3-1-4-10-24)35-28-14-15-30-29(22-28)27(23-32-30)13-7-8-18-33-19-16-26(17-20-33)25-11-5-2-6-12-25/h1-6,9-12,14-16,22-23,32H,7-8,13,17-21H2. The maximum Gasteiger partial charge on any atom is 0.315 e. The Bertz CT molecular complexity index is 1290. The molecule has 4 nitrogen and oxygen atoms in total. The lowest BCUT2D eigenvalue weighted by molar-refractivity contribution is -0.133. The zero-order valence-electron chi connectivity index (χ0n) is 20.1. The average Bonchev–Trinajstić information content (AvgIpc) is 3.30. The molecular weight excluding hydrogens is 432 g/mol. The smallest absolute Gasteiger partial charge is 0.315 e. The number of rotatable bonds is 9. The van der Waals surface area contributed by atoms with Gasteiger partial charge in [0.05, 0.1) is 6.42 Å². The quantitative estimate of drug-likeness (QED) is 0.176. The number of aromatic amines is 1. The third kappa shape index (κ3) is 6.09. The number of carbonyl (C=O) groups is 1. The number of ether oxygens (including phenoxy) is 1. The van der Waals surface area contributed by atoms with Gasteiger partial charge in [-0.15, -0.1) is 0 Å². The van der Waals surface area contributed by atoms with Crippen LogP contribution < -0.4 is 4.74 Å². The van der Waals surface area contributed by atoms with Crippen LogP contribution in [0.1, 0.15) is 36.0 Å². The van der Waals surface area contributed by atoms with E-state index in [0.29, 0.717) is 5.75 Å². The second-order valence-corrected chi connectivity index (χ2v) is 9.26. The number of esters is 1. The molecular formula is C31H32N2O2. The van der Waals surface area contributed by atoms with Crippen molar-refractivity contribution < 1.29 is 9.53 Å². The zero-order valence-corrected chi connectivity index (χ0v) is 20.1. The lowest BCUT2D eigenvalue weighted by atomic mass is 9.99. The summed E-state index contributed by atoms with van der Waals surface area (Å²) in [5, 5.41) is 1.14. The van der Waals surface area contributed by atoms with Crippen LogP contribution in [0.5, 0.6) is 5.75 Å². The molecule has 0 fully saturated rings. The number of hydrogen-bond donors (Lipinski definition) is 1. The molecule has 1 N–H and O–H groups in total. The predicted molar refractivity (Wildman–Crippen MR) is 142 cm³/mol. The second kappa shape index (κ2) is 11.2. The Kier molecular flexibility index (Phi) is 7.40. The maximum atomic E-state index is 12.4. The molecule has 1 aliphatic rings. The van der Waals surface area contributed by atoms with Gasteiger partial charge in [-0.3, -0.25) is 9.69 Å². The minimum atomic E-state index is -0.237. The Morgan fingerprint density at radius 2 is 1.74 bits per heavy atom. The third-order valence-electron chi connectivity index (χ3n) is 6.77. The van der Waals surface area contributed by atoms with Crippen LogP contribution in [-0.4, -0.2) is 35.5 Å². The van der Waals surface area contributed by atoms with Crippen molar-refractivity contribution in [3.63, 3.8) is 0 Å². The van der Waals surface area contributed by atoms with Gasteiger partial charge >= 0.3 is 5.97 Å². The predicted octanol–water partition coefficient (Wildman–Crippen LogP) is 6.43. The van der Waals surface area contributed by atoms with Gasteiger partial charge in [-0.1, -0.05) is 66.7 Å². The summed E-state index contributed by atoms with van der Waals surface area (Å²) in [6.07, 6.45) is 9.20. The number of nitrogens with zero attached hydrogens (tertiary/aromatic N) is 1. The Morgan fingerprint density at radius 3 is 2.51 bits per heavy atom. The van der Waals surface area contributed by atoms with E-state index in [0.717, 1.165) is 55.4 Å². The minimum absolute atomic E-state index is 0.237. The summed E-state index contributed by atoms with van der Waals surface area (Å²) in [5.74, 6) is 0.368. The van der Waals surface area contributed by atoms with E-state index in [2.05, 4.69) is 52.5 Å². The molecule has 0 aliphatic carbocycles. The fourth-order valence-corrected chi connectivity index (χ4v) is 4.84. The van der Waals surface area contributed by atoms with Gasteiger partial charge in [0.25, 0.3) is 0 Å². The number of H-pyrrole nitrogens is 1. The number of fused-ring (bicyclic) bond motifs is 1. The molecule has 3 aromatic carbocycles. The van der Waals surface area contributed by atoms with Crippen molar-refractivity contribution in [3.8, 4) is 5.75 Å². The van der Waals surface area contributed by atoms with Crippen LogP contribution in [0.15, 0.2) is 91.1 Å². The molecule has 0 bridgehead atoms. The highest BCUT2D eigenvalue weighted by molar-refractivity contribution is 5.85. The van der Waals surface area contributed by atoms with Crippen molar-refractivity contribution in [2.75, 3.05) is 19.6 Å². The van der Waals surface area contributed by atoms with Crippen LogP contribution >= 0.6 is 0 Å². The Morgan fingerprint density at radius 1 is 0.943 bits per heavy atom. The van der Waals surface area contributed by atoms with Gasteiger partial charge < -0.3 is 9.72 Å². The van der Waals surface area contributed by atoms with Gasteiger partial charge in [0.2, 0.25) is 0 Å². The van der Waals surface area contributed by atoms with E-state index in [1.165, 1.54) is 23.1 Å². The molecule has 1 aliphatic heterocycles. The summed E-state index contributed by atoms with van der Waals surface area (Å²) < 4.78 is 5.63. The number of nitrogens with one attached hydrogen (secondary N) is 1. The molecule has 0 amide bonds. The van der Waals surface area contributed by atoms with Gasteiger partial charge in [0, 0.05) is 30.2 Å². The van der Waals surface area contributed by atoms with Gasteiger partial charge in [0.1, 0.15) is 5.75 Å². The molecule has 2 heterocycles.